The summed E-state index contributed by atoms with van der Waals surface area (Å²) in [4.78, 5) is 24.4. The van der Waals surface area contributed by atoms with Gasteiger partial charge in [0, 0.05) is 18.9 Å². The summed E-state index contributed by atoms with van der Waals surface area (Å²) < 4.78 is 0. The van der Waals surface area contributed by atoms with Gasteiger partial charge in [0.1, 0.15) is 6.54 Å². The Morgan fingerprint density at radius 3 is 2.71 bits per heavy atom. The van der Waals surface area contributed by atoms with Crippen LogP contribution >= 0.6 is 0 Å². The maximum absolute atomic E-state index is 12.3. The van der Waals surface area contributed by atoms with Gasteiger partial charge in [-0.3, -0.25) is 9.59 Å². The highest BCUT2D eigenvalue weighted by molar-refractivity contribution is 6.04. The predicted molar refractivity (Wildman–Crippen MR) is 93.5 cm³/mol. The summed E-state index contributed by atoms with van der Waals surface area (Å²) >= 11 is 0. The molecular weight excluding hydrogens is 302 g/mol. The third kappa shape index (κ3) is 4.02. The van der Waals surface area contributed by atoms with Gasteiger partial charge in [-0.1, -0.05) is 50.1 Å². The van der Waals surface area contributed by atoms with Crippen LogP contribution in [0.3, 0.4) is 0 Å². The molecule has 2 aliphatic rings. The lowest BCUT2D eigenvalue weighted by atomic mass is 9.86. The number of hydrazone groups is 1. The van der Waals surface area contributed by atoms with Crippen LogP contribution in [0.5, 0.6) is 0 Å². The molecule has 0 bridgehead atoms. The smallest absolute Gasteiger partial charge is 0.243 e. The van der Waals surface area contributed by atoms with Crippen LogP contribution in [-0.2, 0) is 9.59 Å². The Morgan fingerprint density at radius 1 is 1.21 bits per heavy atom. The predicted octanol–water partition coefficient (Wildman–Crippen LogP) is 2.71. The highest BCUT2D eigenvalue weighted by Gasteiger charge is 2.26. The fraction of sp³-hybridized carbons (Fsp3) is 0.526. The average Bonchev–Trinajstić information content (AvgIpc) is 2.60. The zero-order valence-corrected chi connectivity index (χ0v) is 14.2. The van der Waals surface area contributed by atoms with E-state index in [2.05, 4.69) is 17.3 Å². The molecule has 1 aliphatic carbocycles. The Morgan fingerprint density at radius 2 is 1.96 bits per heavy atom. The molecule has 1 saturated carbocycles. The molecule has 2 amide bonds. The lowest BCUT2D eigenvalue weighted by Crippen LogP contribution is -2.46. The second-order valence-electron chi connectivity index (χ2n) is 6.80. The van der Waals surface area contributed by atoms with E-state index in [0.29, 0.717) is 18.8 Å². The van der Waals surface area contributed by atoms with Gasteiger partial charge in [-0.25, -0.2) is 5.01 Å². The van der Waals surface area contributed by atoms with Crippen molar-refractivity contribution in [3.05, 3.63) is 35.9 Å². The average molecular weight is 327 g/mol. The van der Waals surface area contributed by atoms with E-state index in [1.54, 1.807) is 0 Å². The number of hydrogen-bond acceptors (Lipinski definition) is 3. The van der Waals surface area contributed by atoms with Crippen molar-refractivity contribution >= 4 is 17.5 Å². The van der Waals surface area contributed by atoms with Crippen molar-refractivity contribution < 1.29 is 9.59 Å². The molecule has 1 aromatic carbocycles. The molecule has 5 heteroatoms. The molecule has 3 rings (SSSR count). The Kier molecular flexibility index (Phi) is 5.28. The highest BCUT2D eigenvalue weighted by Crippen LogP contribution is 2.23. The standard InChI is InChI=1S/C19H25N3O2/c1-14-7-5-6-10-16(14)20-18(23)13-22-19(24)12-11-17(21-22)15-8-3-2-4-9-15/h2-4,8-9,14,16H,5-7,10-13H2,1H3,(H,20,23)/t14-,16-/m0/s1. The van der Waals surface area contributed by atoms with E-state index in [-0.39, 0.29) is 24.4 Å². The molecule has 0 aromatic heterocycles. The Hall–Kier alpha value is -2.17. The van der Waals surface area contributed by atoms with E-state index in [0.717, 1.165) is 30.5 Å². The van der Waals surface area contributed by atoms with Crippen molar-refractivity contribution in [1.29, 1.82) is 0 Å². The van der Waals surface area contributed by atoms with E-state index in [9.17, 15) is 9.59 Å². The molecule has 128 valence electrons. The van der Waals surface area contributed by atoms with Crippen LogP contribution in [0.1, 0.15) is 51.0 Å². The zero-order valence-electron chi connectivity index (χ0n) is 14.2. The van der Waals surface area contributed by atoms with Gasteiger partial charge in [-0.15, -0.1) is 0 Å². The number of rotatable bonds is 4. The van der Waals surface area contributed by atoms with E-state index < -0.39 is 0 Å². The molecule has 1 fully saturated rings. The van der Waals surface area contributed by atoms with Gasteiger partial charge in [-0.2, -0.15) is 5.10 Å². The normalized spacial score (nSPS) is 24.5. The third-order valence-corrected chi connectivity index (χ3v) is 4.96. The van der Waals surface area contributed by atoms with Crippen LogP contribution in [0.15, 0.2) is 35.4 Å². The second-order valence-corrected chi connectivity index (χ2v) is 6.80. The van der Waals surface area contributed by atoms with Gasteiger partial charge in [0.05, 0.1) is 5.71 Å². The van der Waals surface area contributed by atoms with Crippen LogP contribution in [0.2, 0.25) is 0 Å². The summed E-state index contributed by atoms with van der Waals surface area (Å²) in [5, 5.41) is 8.84. The fourth-order valence-corrected chi connectivity index (χ4v) is 3.48. The van der Waals surface area contributed by atoms with Crippen LogP contribution in [0.25, 0.3) is 0 Å². The van der Waals surface area contributed by atoms with E-state index in [1.807, 2.05) is 30.3 Å². The van der Waals surface area contributed by atoms with E-state index in [4.69, 9.17) is 0 Å². The summed E-state index contributed by atoms with van der Waals surface area (Å²) in [6.45, 7) is 2.19. The number of nitrogens with one attached hydrogen (secondary N) is 1. The van der Waals surface area contributed by atoms with Crippen molar-refractivity contribution in [2.45, 2.75) is 51.5 Å². The number of amides is 2. The molecule has 5 nitrogen and oxygen atoms in total. The Balaban J connectivity index is 1.64. The summed E-state index contributed by atoms with van der Waals surface area (Å²) in [5.41, 5.74) is 1.88. The van der Waals surface area contributed by atoms with Crippen LogP contribution in [0, 0.1) is 5.92 Å². The minimum atomic E-state index is -0.111. The number of carbonyl (C=O) groups is 2. The lowest BCUT2D eigenvalue weighted by molar-refractivity contribution is -0.136. The highest BCUT2D eigenvalue weighted by atomic mass is 16.2. The number of carbonyl (C=O) groups excluding carboxylic acids is 2. The first-order valence-corrected chi connectivity index (χ1v) is 8.86. The fourth-order valence-electron chi connectivity index (χ4n) is 3.48. The van der Waals surface area contributed by atoms with Crippen molar-refractivity contribution in [3.63, 3.8) is 0 Å². The number of benzene rings is 1. The van der Waals surface area contributed by atoms with Gasteiger partial charge < -0.3 is 5.32 Å². The van der Waals surface area contributed by atoms with Gasteiger partial charge in [0.25, 0.3) is 0 Å². The number of nitrogens with zero attached hydrogens (tertiary/aromatic N) is 2. The molecular formula is C19H25N3O2. The molecule has 1 aromatic rings. The van der Waals surface area contributed by atoms with Gasteiger partial charge >= 0.3 is 0 Å². The maximum atomic E-state index is 12.3. The summed E-state index contributed by atoms with van der Waals surface area (Å²) in [6, 6.07) is 10.1. The van der Waals surface area contributed by atoms with E-state index in [1.165, 1.54) is 11.4 Å². The van der Waals surface area contributed by atoms with Gasteiger partial charge in [-0.05, 0) is 24.3 Å². The van der Waals surface area contributed by atoms with Crippen molar-refractivity contribution in [2.75, 3.05) is 6.54 Å². The largest absolute Gasteiger partial charge is 0.351 e. The van der Waals surface area contributed by atoms with Crippen molar-refractivity contribution in [1.82, 2.24) is 10.3 Å². The SMILES string of the molecule is C[C@H]1CCCC[C@@H]1NC(=O)CN1N=C(c2ccccc2)CCC1=O. The molecule has 0 saturated heterocycles. The number of hydrogen-bond donors (Lipinski definition) is 1. The molecule has 0 unspecified atom stereocenters. The molecule has 24 heavy (non-hydrogen) atoms. The summed E-state index contributed by atoms with van der Waals surface area (Å²) in [5.74, 6) is 0.310. The van der Waals surface area contributed by atoms with Gasteiger partial charge in [0.15, 0.2) is 0 Å². The molecule has 2 atom stereocenters. The van der Waals surface area contributed by atoms with Crippen LogP contribution in [-0.4, -0.2) is 35.1 Å². The molecule has 0 radical (unpaired) electrons. The Labute approximate surface area is 143 Å². The summed E-state index contributed by atoms with van der Waals surface area (Å²) in [6.07, 6.45) is 5.61. The second kappa shape index (κ2) is 7.60. The minimum Gasteiger partial charge on any atom is -0.351 e. The first kappa shape index (κ1) is 16.7. The molecule has 1 N–H and O–H groups in total. The van der Waals surface area contributed by atoms with Gasteiger partial charge in [0.2, 0.25) is 11.8 Å². The Bertz CT molecular complexity index is 627. The van der Waals surface area contributed by atoms with Crippen molar-refractivity contribution in [2.24, 2.45) is 11.0 Å². The summed E-state index contributed by atoms with van der Waals surface area (Å²) in [7, 11) is 0. The quantitative estimate of drug-likeness (QED) is 0.924. The molecule has 0 spiro atoms. The molecule has 1 aliphatic heterocycles. The van der Waals surface area contributed by atoms with Crippen molar-refractivity contribution in [3.8, 4) is 0 Å². The maximum Gasteiger partial charge on any atom is 0.243 e. The third-order valence-electron chi connectivity index (χ3n) is 4.96. The minimum absolute atomic E-state index is 0.0123. The van der Waals surface area contributed by atoms with E-state index >= 15 is 0 Å². The monoisotopic (exact) mass is 327 g/mol. The van der Waals surface area contributed by atoms with Crippen LogP contribution < -0.4 is 5.32 Å². The first-order valence-electron chi connectivity index (χ1n) is 8.86. The zero-order chi connectivity index (χ0) is 16.9. The van der Waals surface area contributed by atoms with Crippen LogP contribution in [0.4, 0.5) is 0 Å². The topological polar surface area (TPSA) is 61.8 Å². The molecule has 1 heterocycles. The first-order chi connectivity index (χ1) is 11.6. The lowest BCUT2D eigenvalue weighted by Gasteiger charge is -2.30.